The predicted molar refractivity (Wildman–Crippen MR) is 111 cm³/mol. The molecule has 2 atom stereocenters. The van der Waals surface area contributed by atoms with Crippen LogP contribution in [0.5, 0.6) is 0 Å². The lowest BCUT2D eigenvalue weighted by Crippen LogP contribution is -2.37. The van der Waals surface area contributed by atoms with Crippen LogP contribution in [0.3, 0.4) is 0 Å². The van der Waals surface area contributed by atoms with E-state index in [9.17, 15) is 14.0 Å². The van der Waals surface area contributed by atoms with Gasteiger partial charge in [0.2, 0.25) is 11.8 Å². The molecule has 2 amide bonds. The molecule has 0 unspecified atom stereocenters. The van der Waals surface area contributed by atoms with Crippen LogP contribution < -0.4 is 10.6 Å². The van der Waals surface area contributed by atoms with Crippen LogP contribution in [0.4, 0.5) is 4.39 Å². The number of nitrogens with one attached hydrogen (secondary N) is 2. The lowest BCUT2D eigenvalue weighted by molar-refractivity contribution is -0.127. The van der Waals surface area contributed by atoms with Crippen molar-refractivity contribution in [1.82, 2.24) is 20.4 Å². The quantitative estimate of drug-likeness (QED) is 0.633. The second kappa shape index (κ2) is 8.49. The number of hydrogen-bond donors (Lipinski definition) is 2. The highest BCUT2D eigenvalue weighted by Crippen LogP contribution is 2.37. The van der Waals surface area contributed by atoms with Gasteiger partial charge >= 0.3 is 0 Å². The Balaban J connectivity index is 1.48. The van der Waals surface area contributed by atoms with Crippen molar-refractivity contribution in [2.24, 2.45) is 11.8 Å². The zero-order valence-corrected chi connectivity index (χ0v) is 16.6. The Hall–Kier alpha value is -3.48. The fourth-order valence-corrected chi connectivity index (χ4v) is 3.35. The molecule has 1 aliphatic carbocycles. The monoisotopic (exact) mass is 406 g/mol. The molecular formula is C23H23FN4O2. The highest BCUT2D eigenvalue weighted by Gasteiger charge is 2.38. The fraction of sp³-hybridized carbons (Fsp3) is 0.261. The first-order valence-corrected chi connectivity index (χ1v) is 9.95. The van der Waals surface area contributed by atoms with Crippen molar-refractivity contribution in [1.29, 1.82) is 0 Å². The zero-order valence-electron chi connectivity index (χ0n) is 16.6. The van der Waals surface area contributed by atoms with Gasteiger partial charge in [0.1, 0.15) is 5.82 Å². The average molecular weight is 406 g/mol. The van der Waals surface area contributed by atoms with E-state index in [-0.39, 0.29) is 36.6 Å². The number of halogens is 1. The minimum atomic E-state index is -0.322. The minimum Gasteiger partial charge on any atom is -0.350 e. The molecule has 0 spiro atoms. The molecule has 1 aromatic heterocycles. The maximum Gasteiger partial charge on any atom is 0.239 e. The normalized spacial score (nSPS) is 17.4. The molecule has 0 radical (unpaired) electrons. The number of nitrogens with zero attached hydrogens (tertiary/aromatic N) is 2. The number of benzene rings is 2. The maximum atomic E-state index is 13.3. The van der Waals surface area contributed by atoms with Crippen molar-refractivity contribution in [2.45, 2.75) is 19.9 Å². The van der Waals surface area contributed by atoms with Crippen LogP contribution in [-0.2, 0) is 16.1 Å². The summed E-state index contributed by atoms with van der Waals surface area (Å²) in [6.07, 6.45) is 2.73. The van der Waals surface area contributed by atoms with Crippen molar-refractivity contribution in [2.75, 3.05) is 6.54 Å². The first-order chi connectivity index (χ1) is 14.5. The van der Waals surface area contributed by atoms with Gasteiger partial charge in [-0.2, -0.15) is 5.10 Å². The van der Waals surface area contributed by atoms with Gasteiger partial charge in [0.05, 0.1) is 17.9 Å². The van der Waals surface area contributed by atoms with E-state index in [2.05, 4.69) is 15.7 Å². The molecule has 2 aromatic carbocycles. The summed E-state index contributed by atoms with van der Waals surface area (Å²) in [5.41, 5.74) is 3.09. The molecule has 1 aliphatic rings. The van der Waals surface area contributed by atoms with Crippen LogP contribution in [0.25, 0.3) is 16.9 Å². The zero-order chi connectivity index (χ0) is 21.1. The molecule has 0 saturated heterocycles. The second-order valence-corrected chi connectivity index (χ2v) is 7.60. The van der Waals surface area contributed by atoms with Gasteiger partial charge in [0.15, 0.2) is 0 Å². The van der Waals surface area contributed by atoms with Gasteiger partial charge in [-0.3, -0.25) is 9.59 Å². The van der Waals surface area contributed by atoms with Crippen molar-refractivity contribution in [3.63, 3.8) is 0 Å². The van der Waals surface area contributed by atoms with E-state index >= 15 is 0 Å². The van der Waals surface area contributed by atoms with E-state index in [4.69, 9.17) is 0 Å². The largest absolute Gasteiger partial charge is 0.350 e. The molecule has 1 fully saturated rings. The van der Waals surface area contributed by atoms with Gasteiger partial charge < -0.3 is 10.6 Å². The van der Waals surface area contributed by atoms with E-state index in [1.165, 1.54) is 12.1 Å². The smallest absolute Gasteiger partial charge is 0.239 e. The number of rotatable bonds is 7. The van der Waals surface area contributed by atoms with Crippen LogP contribution in [0.2, 0.25) is 0 Å². The first-order valence-electron chi connectivity index (χ1n) is 9.95. The molecule has 1 heterocycles. The number of carbonyl (C=O) groups is 2. The Morgan fingerprint density at radius 2 is 1.80 bits per heavy atom. The molecule has 0 bridgehead atoms. The summed E-state index contributed by atoms with van der Waals surface area (Å²) in [7, 11) is 0. The van der Waals surface area contributed by atoms with Gasteiger partial charge in [-0.25, -0.2) is 9.07 Å². The number of hydrogen-bond acceptors (Lipinski definition) is 3. The third-order valence-electron chi connectivity index (χ3n) is 5.27. The van der Waals surface area contributed by atoms with E-state index in [1.54, 1.807) is 16.8 Å². The molecule has 154 valence electrons. The topological polar surface area (TPSA) is 76.0 Å². The van der Waals surface area contributed by atoms with Gasteiger partial charge in [-0.05, 0) is 48.7 Å². The van der Waals surface area contributed by atoms with Gasteiger partial charge in [-0.1, -0.05) is 25.1 Å². The van der Waals surface area contributed by atoms with Gasteiger partial charge in [-0.15, -0.1) is 0 Å². The molecule has 2 N–H and O–H groups in total. The highest BCUT2D eigenvalue weighted by atomic mass is 19.1. The summed E-state index contributed by atoms with van der Waals surface area (Å²) in [6.45, 7) is 2.21. The van der Waals surface area contributed by atoms with Crippen molar-refractivity contribution < 1.29 is 14.0 Å². The Bertz CT molecular complexity index is 1050. The summed E-state index contributed by atoms with van der Waals surface area (Å²) in [5.74, 6) is -0.227. The summed E-state index contributed by atoms with van der Waals surface area (Å²) in [5, 5.41) is 10.2. The van der Waals surface area contributed by atoms with E-state index in [0.29, 0.717) is 11.6 Å². The van der Waals surface area contributed by atoms with Gasteiger partial charge in [0, 0.05) is 29.8 Å². The highest BCUT2D eigenvalue weighted by molar-refractivity contribution is 5.87. The lowest BCUT2D eigenvalue weighted by atomic mass is 10.1. The lowest BCUT2D eigenvalue weighted by Gasteiger charge is -2.07. The van der Waals surface area contributed by atoms with E-state index < -0.39 is 0 Å². The summed E-state index contributed by atoms with van der Waals surface area (Å²) in [6, 6.07) is 15.7. The summed E-state index contributed by atoms with van der Waals surface area (Å²) >= 11 is 0. The predicted octanol–water partition coefficient (Wildman–Crippen LogP) is 3.07. The van der Waals surface area contributed by atoms with E-state index in [1.807, 2.05) is 43.5 Å². The summed E-state index contributed by atoms with van der Waals surface area (Å²) < 4.78 is 15.1. The molecule has 7 heteroatoms. The Labute approximate surface area is 174 Å². The molecular weight excluding hydrogens is 383 g/mol. The fourth-order valence-electron chi connectivity index (χ4n) is 3.35. The number of aromatic nitrogens is 2. The standard InChI is InChI=1S/C23H23FN4O2/c1-15-11-20(15)23(30)26-13-21(29)25-12-17-14-28(19-5-3-2-4-6-19)27-22(17)16-7-9-18(24)10-8-16/h2-10,14-15,20H,11-13H2,1H3,(H,25,29)(H,26,30)/t15-,20+/m0/s1. The van der Waals surface area contributed by atoms with Crippen LogP contribution in [0, 0.1) is 17.7 Å². The Morgan fingerprint density at radius 3 is 2.47 bits per heavy atom. The molecule has 30 heavy (non-hydrogen) atoms. The molecule has 1 saturated carbocycles. The van der Waals surface area contributed by atoms with E-state index in [0.717, 1.165) is 23.2 Å². The molecule has 3 aromatic rings. The van der Waals surface area contributed by atoms with Crippen LogP contribution in [0.1, 0.15) is 18.9 Å². The van der Waals surface area contributed by atoms with Crippen molar-refractivity contribution in [3.8, 4) is 16.9 Å². The third kappa shape index (κ3) is 4.56. The first kappa shape index (κ1) is 19.8. The average Bonchev–Trinajstić information content (AvgIpc) is 3.34. The Kier molecular flexibility index (Phi) is 5.61. The second-order valence-electron chi connectivity index (χ2n) is 7.60. The SMILES string of the molecule is C[C@H]1C[C@H]1C(=O)NCC(=O)NCc1cn(-c2ccccc2)nc1-c1ccc(F)cc1. The van der Waals surface area contributed by atoms with Crippen molar-refractivity contribution >= 4 is 11.8 Å². The third-order valence-corrected chi connectivity index (χ3v) is 5.27. The minimum absolute atomic E-state index is 0.0342. The van der Waals surface area contributed by atoms with Crippen molar-refractivity contribution in [3.05, 3.63) is 72.2 Å². The molecule has 0 aliphatic heterocycles. The number of amides is 2. The number of para-hydroxylation sites is 1. The number of carbonyl (C=O) groups excluding carboxylic acids is 2. The van der Waals surface area contributed by atoms with Crippen LogP contribution >= 0.6 is 0 Å². The van der Waals surface area contributed by atoms with Crippen LogP contribution in [-0.4, -0.2) is 28.1 Å². The molecule has 4 rings (SSSR count). The van der Waals surface area contributed by atoms with Crippen LogP contribution in [0.15, 0.2) is 60.8 Å². The molecule has 6 nitrogen and oxygen atoms in total. The Morgan fingerprint density at radius 1 is 1.10 bits per heavy atom. The maximum absolute atomic E-state index is 13.3. The van der Waals surface area contributed by atoms with Gasteiger partial charge in [0.25, 0.3) is 0 Å². The summed E-state index contributed by atoms with van der Waals surface area (Å²) in [4.78, 5) is 24.1.